The molecule has 1 aliphatic rings. The van der Waals surface area contributed by atoms with Crippen molar-refractivity contribution in [3.05, 3.63) is 0 Å². The minimum Gasteiger partial charge on any atom is -0.334 e. The highest BCUT2D eigenvalue weighted by atomic mass is 16.2. The van der Waals surface area contributed by atoms with Gasteiger partial charge in [0.25, 0.3) is 0 Å². The van der Waals surface area contributed by atoms with Gasteiger partial charge in [-0.05, 0) is 46.0 Å². The zero-order valence-electron chi connectivity index (χ0n) is 12.8. The Morgan fingerprint density at radius 1 is 1.05 bits per heavy atom. The van der Waals surface area contributed by atoms with E-state index >= 15 is 0 Å². The Hall–Kier alpha value is -1.06. The maximum atomic E-state index is 12.4. The number of nitrogens with zero attached hydrogens (tertiary/aromatic N) is 2. The third-order valence-electron chi connectivity index (χ3n) is 3.89. The van der Waals surface area contributed by atoms with Crippen molar-refractivity contribution in [2.24, 2.45) is 0 Å². The van der Waals surface area contributed by atoms with E-state index in [1.807, 2.05) is 27.7 Å². The molecule has 1 aliphatic heterocycles. The quantitative estimate of drug-likeness (QED) is 0.735. The lowest BCUT2D eigenvalue weighted by molar-refractivity contribution is -0.155. The first-order valence-electron chi connectivity index (χ1n) is 7.64. The molecule has 0 aromatic rings. The number of hydrogen-bond donors (Lipinski definition) is 0. The number of rotatable bonds is 4. The van der Waals surface area contributed by atoms with Crippen LogP contribution in [-0.4, -0.2) is 46.8 Å². The average molecular weight is 268 g/mol. The van der Waals surface area contributed by atoms with E-state index in [0.717, 1.165) is 32.1 Å². The van der Waals surface area contributed by atoms with Crippen LogP contribution in [0.2, 0.25) is 0 Å². The molecule has 0 N–H and O–H groups in total. The van der Waals surface area contributed by atoms with Gasteiger partial charge in [-0.1, -0.05) is 13.8 Å². The third kappa shape index (κ3) is 3.95. The largest absolute Gasteiger partial charge is 0.334 e. The van der Waals surface area contributed by atoms with Gasteiger partial charge < -0.3 is 9.80 Å². The molecule has 0 bridgehead atoms. The summed E-state index contributed by atoms with van der Waals surface area (Å²) in [4.78, 5) is 28.3. The molecule has 1 rings (SSSR count). The molecule has 110 valence electrons. The lowest BCUT2D eigenvalue weighted by atomic mass is 9.97. The molecule has 4 nitrogen and oxygen atoms in total. The molecule has 2 unspecified atom stereocenters. The minimum absolute atomic E-state index is 0.185. The van der Waals surface area contributed by atoms with E-state index in [4.69, 9.17) is 0 Å². The van der Waals surface area contributed by atoms with Crippen molar-refractivity contribution in [2.45, 2.75) is 71.9 Å². The summed E-state index contributed by atoms with van der Waals surface area (Å²) in [6.45, 7) is 9.51. The summed E-state index contributed by atoms with van der Waals surface area (Å²) in [5.41, 5.74) is 0. The van der Waals surface area contributed by atoms with Crippen LogP contribution in [0.4, 0.5) is 0 Å². The van der Waals surface area contributed by atoms with Crippen LogP contribution < -0.4 is 0 Å². The molecule has 2 amide bonds. The molecule has 0 aliphatic carbocycles. The number of carbonyl (C=O) groups is 2. The van der Waals surface area contributed by atoms with E-state index in [-0.39, 0.29) is 23.9 Å². The van der Waals surface area contributed by atoms with Crippen LogP contribution in [0.15, 0.2) is 0 Å². The maximum Gasteiger partial charge on any atom is 0.312 e. The smallest absolute Gasteiger partial charge is 0.312 e. The molecule has 0 spiro atoms. The predicted octanol–water partition coefficient (Wildman–Crippen LogP) is 2.42. The van der Waals surface area contributed by atoms with E-state index in [0.29, 0.717) is 13.1 Å². The third-order valence-corrected chi connectivity index (χ3v) is 3.89. The Morgan fingerprint density at radius 2 is 1.53 bits per heavy atom. The molecular formula is C15H28N2O2. The zero-order chi connectivity index (χ0) is 14.4. The predicted molar refractivity (Wildman–Crippen MR) is 76.8 cm³/mol. The average Bonchev–Trinajstić information content (AvgIpc) is 2.37. The van der Waals surface area contributed by atoms with Crippen molar-refractivity contribution in [3.8, 4) is 0 Å². The number of piperidine rings is 1. The van der Waals surface area contributed by atoms with Crippen LogP contribution in [-0.2, 0) is 9.59 Å². The molecule has 0 radical (unpaired) electrons. The second kappa shape index (κ2) is 7.51. The minimum atomic E-state index is -0.315. The summed E-state index contributed by atoms with van der Waals surface area (Å²) in [5.74, 6) is -0.620. The van der Waals surface area contributed by atoms with E-state index in [1.165, 1.54) is 0 Å². The summed E-state index contributed by atoms with van der Waals surface area (Å²) in [5, 5.41) is 0. The van der Waals surface area contributed by atoms with Crippen LogP contribution >= 0.6 is 0 Å². The first-order chi connectivity index (χ1) is 9.02. The van der Waals surface area contributed by atoms with Gasteiger partial charge in [0.1, 0.15) is 0 Å². The SMILES string of the molecule is CCCN(CCC)C(=O)C(=O)N1C(C)CCCC1C. The fourth-order valence-electron chi connectivity index (χ4n) is 2.92. The fraction of sp³-hybridized carbons (Fsp3) is 0.867. The molecule has 1 heterocycles. The van der Waals surface area contributed by atoms with Crippen LogP contribution in [0.3, 0.4) is 0 Å². The van der Waals surface area contributed by atoms with Gasteiger partial charge in [-0.25, -0.2) is 0 Å². The van der Waals surface area contributed by atoms with Crippen LogP contribution in [0.25, 0.3) is 0 Å². The van der Waals surface area contributed by atoms with E-state index in [2.05, 4.69) is 0 Å². The van der Waals surface area contributed by atoms with Gasteiger partial charge in [-0.2, -0.15) is 0 Å². The van der Waals surface area contributed by atoms with Gasteiger partial charge in [-0.15, -0.1) is 0 Å². The highest BCUT2D eigenvalue weighted by Gasteiger charge is 2.34. The van der Waals surface area contributed by atoms with E-state index in [9.17, 15) is 9.59 Å². The van der Waals surface area contributed by atoms with Gasteiger partial charge in [0.05, 0.1) is 0 Å². The van der Waals surface area contributed by atoms with Crippen LogP contribution in [0.1, 0.15) is 59.8 Å². The number of carbonyl (C=O) groups excluding carboxylic acids is 2. The molecule has 0 saturated carbocycles. The molecule has 1 fully saturated rings. The van der Waals surface area contributed by atoms with Crippen molar-refractivity contribution in [1.29, 1.82) is 0 Å². The second-order valence-corrected chi connectivity index (χ2v) is 5.63. The van der Waals surface area contributed by atoms with Gasteiger partial charge in [0, 0.05) is 25.2 Å². The Bertz CT molecular complexity index is 301. The van der Waals surface area contributed by atoms with Gasteiger partial charge >= 0.3 is 11.8 Å². The van der Waals surface area contributed by atoms with Crippen molar-refractivity contribution < 1.29 is 9.59 Å². The summed E-state index contributed by atoms with van der Waals surface area (Å²) >= 11 is 0. The van der Waals surface area contributed by atoms with Crippen molar-refractivity contribution in [2.75, 3.05) is 13.1 Å². The normalized spacial score (nSPS) is 23.3. The maximum absolute atomic E-state index is 12.4. The first kappa shape index (κ1) is 16.0. The lowest BCUT2D eigenvalue weighted by Gasteiger charge is -2.39. The second-order valence-electron chi connectivity index (χ2n) is 5.63. The van der Waals surface area contributed by atoms with Crippen LogP contribution in [0, 0.1) is 0 Å². The van der Waals surface area contributed by atoms with Gasteiger partial charge in [0.2, 0.25) is 0 Å². The van der Waals surface area contributed by atoms with Crippen LogP contribution in [0.5, 0.6) is 0 Å². The lowest BCUT2D eigenvalue weighted by Crippen LogP contribution is -2.53. The fourth-order valence-corrected chi connectivity index (χ4v) is 2.92. The van der Waals surface area contributed by atoms with Crippen molar-refractivity contribution in [3.63, 3.8) is 0 Å². The Kier molecular flexibility index (Phi) is 6.32. The summed E-state index contributed by atoms with van der Waals surface area (Å²) < 4.78 is 0. The summed E-state index contributed by atoms with van der Waals surface area (Å²) in [6.07, 6.45) is 4.94. The Labute approximate surface area is 117 Å². The van der Waals surface area contributed by atoms with Crippen molar-refractivity contribution in [1.82, 2.24) is 9.80 Å². The Balaban J connectivity index is 2.75. The molecule has 0 aromatic carbocycles. The highest BCUT2D eigenvalue weighted by Crippen LogP contribution is 2.23. The van der Waals surface area contributed by atoms with E-state index < -0.39 is 0 Å². The summed E-state index contributed by atoms with van der Waals surface area (Å²) in [6, 6.07) is 0.371. The first-order valence-corrected chi connectivity index (χ1v) is 7.64. The highest BCUT2D eigenvalue weighted by molar-refractivity contribution is 6.35. The molecule has 19 heavy (non-hydrogen) atoms. The standard InChI is InChI=1S/C15H28N2O2/c1-5-10-16(11-6-2)14(18)15(19)17-12(3)8-7-9-13(17)4/h12-13H,5-11H2,1-4H3. The number of hydrogen-bond acceptors (Lipinski definition) is 2. The topological polar surface area (TPSA) is 40.6 Å². The number of amides is 2. The Morgan fingerprint density at radius 3 is 1.95 bits per heavy atom. The van der Waals surface area contributed by atoms with E-state index in [1.54, 1.807) is 9.80 Å². The monoisotopic (exact) mass is 268 g/mol. The van der Waals surface area contributed by atoms with Gasteiger partial charge in [-0.3, -0.25) is 9.59 Å². The number of likely N-dealkylation sites (tertiary alicyclic amines) is 1. The molecule has 4 heteroatoms. The zero-order valence-corrected chi connectivity index (χ0v) is 12.8. The molecule has 2 atom stereocenters. The molecule has 1 saturated heterocycles. The molecule has 0 aromatic heterocycles. The summed E-state index contributed by atoms with van der Waals surface area (Å²) in [7, 11) is 0. The molecular weight excluding hydrogens is 240 g/mol. The van der Waals surface area contributed by atoms with Crippen molar-refractivity contribution >= 4 is 11.8 Å². The van der Waals surface area contributed by atoms with Gasteiger partial charge in [0.15, 0.2) is 0 Å².